The Morgan fingerprint density at radius 3 is 2.75 bits per heavy atom. The van der Waals surface area contributed by atoms with E-state index in [-0.39, 0.29) is 17.4 Å². The standard InChI is InChI=1S/C21H31NOS/c1-13(2)10-16-11-14(3)17-8-9-20(5,22-12-24)18-7-6-15(4)21(16,23)19(17)18/h10,14,16-19,23H,4,6-9,11H2,1-3,5H3/t14-,16-,17+,18-,19+,20-,21+/m0/s1. The van der Waals surface area contributed by atoms with Gasteiger partial charge in [-0.2, -0.15) is 0 Å². The molecule has 1 N–H and O–H groups in total. The molecular formula is C21H31NOS. The van der Waals surface area contributed by atoms with Crippen LogP contribution in [-0.4, -0.2) is 21.4 Å². The molecule has 3 aliphatic carbocycles. The van der Waals surface area contributed by atoms with Gasteiger partial charge in [-0.15, -0.1) is 0 Å². The number of hydrogen-bond donors (Lipinski definition) is 1. The second-order valence-corrected chi connectivity index (χ2v) is 9.11. The van der Waals surface area contributed by atoms with Crippen LogP contribution < -0.4 is 0 Å². The van der Waals surface area contributed by atoms with E-state index < -0.39 is 5.60 Å². The first-order valence-corrected chi connectivity index (χ1v) is 9.79. The topological polar surface area (TPSA) is 32.6 Å². The zero-order valence-electron chi connectivity index (χ0n) is 15.5. The number of allylic oxidation sites excluding steroid dienone is 1. The van der Waals surface area contributed by atoms with Crippen LogP contribution in [0.2, 0.25) is 0 Å². The molecule has 24 heavy (non-hydrogen) atoms. The van der Waals surface area contributed by atoms with Crippen molar-refractivity contribution >= 4 is 17.4 Å². The molecule has 0 saturated heterocycles. The summed E-state index contributed by atoms with van der Waals surface area (Å²) in [6, 6.07) is 0. The second-order valence-electron chi connectivity index (χ2n) is 8.93. The van der Waals surface area contributed by atoms with Crippen molar-refractivity contribution in [3.05, 3.63) is 23.8 Å². The molecule has 0 bridgehead atoms. The summed E-state index contributed by atoms with van der Waals surface area (Å²) in [4.78, 5) is 4.60. The lowest BCUT2D eigenvalue weighted by atomic mass is 9.45. The van der Waals surface area contributed by atoms with E-state index in [1.54, 1.807) is 0 Å². The number of aliphatic imine (C=N–C) groups is 1. The van der Waals surface area contributed by atoms with Gasteiger partial charge in [0, 0.05) is 11.8 Å². The molecule has 0 spiro atoms. The molecule has 7 atom stereocenters. The van der Waals surface area contributed by atoms with Gasteiger partial charge < -0.3 is 5.11 Å². The summed E-state index contributed by atoms with van der Waals surface area (Å²) in [6.07, 6.45) is 7.48. The Hall–Kier alpha value is -0.760. The van der Waals surface area contributed by atoms with Crippen LogP contribution in [0.4, 0.5) is 0 Å². The third kappa shape index (κ3) is 2.57. The van der Waals surface area contributed by atoms with Crippen LogP contribution in [0, 0.1) is 29.6 Å². The van der Waals surface area contributed by atoms with Gasteiger partial charge in [-0.1, -0.05) is 25.2 Å². The first-order chi connectivity index (χ1) is 11.2. The summed E-state index contributed by atoms with van der Waals surface area (Å²) in [5.74, 6) is 1.98. The van der Waals surface area contributed by atoms with Crippen LogP contribution >= 0.6 is 12.2 Å². The number of aliphatic hydroxyl groups is 1. The minimum Gasteiger partial charge on any atom is -0.385 e. The van der Waals surface area contributed by atoms with Crippen LogP contribution in [0.25, 0.3) is 0 Å². The van der Waals surface area contributed by atoms with Crippen molar-refractivity contribution in [1.29, 1.82) is 0 Å². The van der Waals surface area contributed by atoms with Crippen molar-refractivity contribution in [3.63, 3.8) is 0 Å². The van der Waals surface area contributed by atoms with Crippen LogP contribution in [0.1, 0.15) is 59.8 Å². The maximum Gasteiger partial charge on any atom is 0.0950 e. The first-order valence-electron chi connectivity index (χ1n) is 9.38. The summed E-state index contributed by atoms with van der Waals surface area (Å²) >= 11 is 4.95. The van der Waals surface area contributed by atoms with Gasteiger partial charge in [0.15, 0.2) is 0 Å². The molecule has 132 valence electrons. The Morgan fingerprint density at radius 2 is 2.12 bits per heavy atom. The van der Waals surface area contributed by atoms with Crippen LogP contribution in [0.3, 0.4) is 0 Å². The molecule has 3 aliphatic rings. The average molecular weight is 346 g/mol. The molecule has 3 saturated carbocycles. The van der Waals surface area contributed by atoms with E-state index in [1.165, 1.54) is 5.57 Å². The molecule has 0 aromatic heterocycles. The summed E-state index contributed by atoms with van der Waals surface area (Å²) in [6.45, 7) is 13.2. The molecule has 0 heterocycles. The molecule has 3 heteroatoms. The van der Waals surface area contributed by atoms with Crippen LogP contribution in [0.15, 0.2) is 28.8 Å². The maximum absolute atomic E-state index is 12.0. The number of nitrogens with zero attached hydrogens (tertiary/aromatic N) is 1. The smallest absolute Gasteiger partial charge is 0.0950 e. The van der Waals surface area contributed by atoms with Gasteiger partial charge in [-0.05, 0) is 88.4 Å². The number of rotatable bonds is 2. The lowest BCUT2D eigenvalue weighted by Crippen LogP contribution is -2.64. The SMILES string of the molecule is C=C1CC[C@H]2[C@H]3[C@H](CC[C@]2(C)N=C=S)[C@@H](C)C[C@H](C=C(C)C)[C@]13O. The van der Waals surface area contributed by atoms with Gasteiger partial charge in [0.2, 0.25) is 0 Å². The summed E-state index contributed by atoms with van der Waals surface area (Å²) in [5, 5.41) is 14.6. The van der Waals surface area contributed by atoms with E-state index in [1.807, 2.05) is 0 Å². The molecule has 0 unspecified atom stereocenters. The molecule has 0 radical (unpaired) electrons. The van der Waals surface area contributed by atoms with Crippen molar-refractivity contribution in [1.82, 2.24) is 0 Å². The summed E-state index contributed by atoms with van der Waals surface area (Å²) in [5.41, 5.74) is 1.36. The highest BCUT2D eigenvalue weighted by Crippen LogP contribution is 2.62. The van der Waals surface area contributed by atoms with Crippen LogP contribution in [0.5, 0.6) is 0 Å². The molecular weight excluding hydrogens is 314 g/mol. The molecule has 3 fully saturated rings. The van der Waals surface area contributed by atoms with Gasteiger partial charge in [0.1, 0.15) is 0 Å². The largest absolute Gasteiger partial charge is 0.385 e. The average Bonchev–Trinajstić information content (AvgIpc) is 2.49. The Balaban J connectivity index is 2.11. The quantitative estimate of drug-likeness (QED) is 0.424. The van der Waals surface area contributed by atoms with E-state index in [0.29, 0.717) is 17.8 Å². The van der Waals surface area contributed by atoms with Gasteiger partial charge >= 0.3 is 0 Å². The molecule has 0 aromatic rings. The normalized spacial score (nSPS) is 47.4. The highest BCUT2D eigenvalue weighted by Gasteiger charge is 2.62. The lowest BCUT2D eigenvalue weighted by Gasteiger charge is -2.62. The van der Waals surface area contributed by atoms with Gasteiger partial charge in [0.05, 0.1) is 16.3 Å². The molecule has 0 aliphatic heterocycles. The van der Waals surface area contributed by atoms with Crippen molar-refractivity contribution in [2.75, 3.05) is 0 Å². The second kappa shape index (κ2) is 6.20. The molecule has 3 rings (SSSR count). The Kier molecular flexibility index (Phi) is 4.66. The predicted octanol–water partition coefficient (Wildman–Crippen LogP) is 5.19. The zero-order chi connectivity index (χ0) is 17.7. The number of isothiocyanates is 1. The van der Waals surface area contributed by atoms with Crippen LogP contribution in [-0.2, 0) is 0 Å². The third-order valence-electron chi connectivity index (χ3n) is 7.27. The van der Waals surface area contributed by atoms with E-state index in [0.717, 1.165) is 37.7 Å². The first kappa shape index (κ1) is 18.0. The number of hydrogen-bond acceptors (Lipinski definition) is 3. The minimum absolute atomic E-state index is 0.174. The Labute approximate surface area is 152 Å². The van der Waals surface area contributed by atoms with Gasteiger partial charge in [-0.3, -0.25) is 0 Å². The third-order valence-corrected chi connectivity index (χ3v) is 7.36. The Morgan fingerprint density at radius 1 is 1.42 bits per heavy atom. The number of thiocarbonyl (C=S) groups is 1. The molecule has 0 aromatic carbocycles. The summed E-state index contributed by atoms with van der Waals surface area (Å²) in [7, 11) is 0. The maximum atomic E-state index is 12.0. The fraction of sp³-hybridized carbons (Fsp3) is 0.762. The van der Waals surface area contributed by atoms with E-state index in [2.05, 4.69) is 50.5 Å². The Bertz CT molecular complexity index is 615. The van der Waals surface area contributed by atoms with E-state index in [4.69, 9.17) is 12.2 Å². The van der Waals surface area contributed by atoms with Gasteiger partial charge in [-0.25, -0.2) is 4.99 Å². The zero-order valence-corrected chi connectivity index (χ0v) is 16.3. The van der Waals surface area contributed by atoms with Crippen molar-refractivity contribution < 1.29 is 5.11 Å². The highest BCUT2D eigenvalue weighted by atomic mass is 32.1. The van der Waals surface area contributed by atoms with Crippen molar-refractivity contribution in [2.45, 2.75) is 70.9 Å². The van der Waals surface area contributed by atoms with E-state index >= 15 is 0 Å². The summed E-state index contributed by atoms with van der Waals surface area (Å²) < 4.78 is 0. The minimum atomic E-state index is -0.782. The predicted molar refractivity (Wildman–Crippen MR) is 103 cm³/mol. The fourth-order valence-electron chi connectivity index (χ4n) is 6.14. The molecule has 0 amide bonds. The van der Waals surface area contributed by atoms with Gasteiger partial charge in [0.25, 0.3) is 0 Å². The van der Waals surface area contributed by atoms with Crippen molar-refractivity contribution in [3.8, 4) is 0 Å². The highest BCUT2D eigenvalue weighted by molar-refractivity contribution is 7.78. The lowest BCUT2D eigenvalue weighted by molar-refractivity contribution is -0.159. The monoisotopic (exact) mass is 345 g/mol. The fourth-order valence-corrected chi connectivity index (χ4v) is 6.35. The molecule has 2 nitrogen and oxygen atoms in total. The van der Waals surface area contributed by atoms with E-state index in [9.17, 15) is 5.11 Å². The van der Waals surface area contributed by atoms with Crippen molar-refractivity contribution in [2.24, 2.45) is 34.6 Å².